The summed E-state index contributed by atoms with van der Waals surface area (Å²) in [5, 5.41) is 0. The fraction of sp³-hybridized carbons (Fsp3) is 0.0600. The molecule has 1 spiro atoms. The van der Waals surface area contributed by atoms with Gasteiger partial charge in [-0.05, 0) is 38.1 Å². The normalized spacial score (nSPS) is 16.4. The zero-order valence-electron chi connectivity index (χ0n) is 30.9. The Morgan fingerprint density at radius 2 is 0.825 bits per heavy atom. The van der Waals surface area contributed by atoms with Crippen LogP contribution < -0.4 is 9.80 Å². The van der Waals surface area contributed by atoms with Crippen LogP contribution in [0.5, 0.6) is 0 Å². The third-order valence-corrected chi connectivity index (χ3v) is 11.4. The number of hydrogen-bond acceptors (Lipinski definition) is 6. The van der Waals surface area contributed by atoms with Crippen LogP contribution in [0.2, 0.25) is 0 Å². The van der Waals surface area contributed by atoms with Gasteiger partial charge in [0.05, 0.1) is 17.0 Å². The number of benzene rings is 6. The fourth-order valence-electron chi connectivity index (χ4n) is 8.90. The van der Waals surface area contributed by atoms with E-state index >= 15 is 24.0 Å². The summed E-state index contributed by atoms with van der Waals surface area (Å²) in [5.74, 6) is -3.01. The van der Waals surface area contributed by atoms with E-state index in [9.17, 15) is 0 Å². The van der Waals surface area contributed by atoms with Gasteiger partial charge in [-0.15, -0.1) is 0 Å². The minimum absolute atomic E-state index is 0.0403. The monoisotopic (exact) mass is 740 g/mol. The molecule has 0 radical (unpaired) electrons. The van der Waals surface area contributed by atoms with Gasteiger partial charge in [0, 0.05) is 55.9 Å². The first kappa shape index (κ1) is 34.0. The zero-order chi connectivity index (χ0) is 39.2. The van der Waals surface area contributed by atoms with Gasteiger partial charge < -0.3 is 4.90 Å². The number of Topliss-reactive ketones (excluding diaryl/α,β-unsaturated/α-hetero) is 4. The van der Waals surface area contributed by atoms with E-state index in [1.165, 1.54) is 4.90 Å². The number of amides is 1. The third-order valence-electron chi connectivity index (χ3n) is 11.4. The summed E-state index contributed by atoms with van der Waals surface area (Å²) >= 11 is 0. The molecule has 272 valence electrons. The Hall–Kier alpha value is -7.51. The minimum atomic E-state index is -2.35. The highest BCUT2D eigenvalue weighted by Crippen LogP contribution is 2.65. The highest BCUT2D eigenvalue weighted by molar-refractivity contribution is 6.42. The number of rotatable bonds is 6. The van der Waals surface area contributed by atoms with Crippen LogP contribution in [0.4, 0.5) is 11.4 Å². The van der Waals surface area contributed by atoms with Gasteiger partial charge in [0.15, 0.2) is 17.3 Å². The molecule has 2 aliphatic heterocycles. The molecule has 0 unspecified atom stereocenters. The fourth-order valence-corrected chi connectivity index (χ4v) is 8.90. The molecule has 7 nitrogen and oxygen atoms in total. The molecule has 2 aliphatic carbocycles. The average molecular weight is 741 g/mol. The standard InChI is InChI=1S/C50H32N2O5/c1-29-21-25-33(26-22-29)51-42-35-17-9-11-19-37(35)47(55)39(42)50(40-43(51)36-18-10-12-20-38(36)48(40)56)41(45(53)31-13-5-3-6-14-31)44(46(54)32-15-7-4-8-16-32)52(49(50)57)34-27-23-30(2)24-28-34/h3-28H,1-2H3. The van der Waals surface area contributed by atoms with Crippen LogP contribution in [-0.2, 0) is 4.79 Å². The maximum atomic E-state index is 16.4. The first-order valence-corrected chi connectivity index (χ1v) is 18.7. The summed E-state index contributed by atoms with van der Waals surface area (Å²) in [6.45, 7) is 3.88. The van der Waals surface area contributed by atoms with Gasteiger partial charge in [0.2, 0.25) is 5.78 Å². The number of hydrogen-bond donors (Lipinski definition) is 0. The SMILES string of the molecule is Cc1ccc(N2C(=O)C3(C(C(=O)c4ccccc4)=C2C(=O)c2ccccc2)C2=C(c4ccccc4C2=O)N(c2ccc(C)cc2)C2=C3C(=O)c3ccccc32)cc1. The van der Waals surface area contributed by atoms with Crippen molar-refractivity contribution in [3.8, 4) is 0 Å². The van der Waals surface area contributed by atoms with Crippen LogP contribution in [0.25, 0.3) is 11.4 Å². The van der Waals surface area contributed by atoms with Gasteiger partial charge in [-0.1, -0.05) is 145 Å². The second-order valence-corrected chi connectivity index (χ2v) is 14.7. The quantitative estimate of drug-likeness (QED) is 0.158. The van der Waals surface area contributed by atoms with Crippen molar-refractivity contribution in [3.63, 3.8) is 0 Å². The van der Waals surface area contributed by atoms with Crippen molar-refractivity contribution >= 4 is 51.8 Å². The smallest absolute Gasteiger partial charge is 0.252 e. The molecule has 57 heavy (non-hydrogen) atoms. The van der Waals surface area contributed by atoms with E-state index in [4.69, 9.17) is 0 Å². The molecule has 1 amide bonds. The Bertz CT molecular complexity index is 2800. The van der Waals surface area contributed by atoms with Gasteiger partial charge >= 0.3 is 0 Å². The molecule has 6 aromatic carbocycles. The lowest BCUT2D eigenvalue weighted by Crippen LogP contribution is -2.48. The Morgan fingerprint density at radius 1 is 0.439 bits per heavy atom. The second kappa shape index (κ2) is 12.5. The number of fused-ring (bicyclic) bond motifs is 6. The second-order valence-electron chi connectivity index (χ2n) is 14.7. The lowest BCUT2D eigenvalue weighted by molar-refractivity contribution is -0.121. The molecule has 0 atom stereocenters. The van der Waals surface area contributed by atoms with E-state index in [0.29, 0.717) is 45.0 Å². The Labute approximate surface area is 328 Å². The summed E-state index contributed by atoms with van der Waals surface area (Å²) < 4.78 is 0. The van der Waals surface area contributed by atoms with Crippen molar-refractivity contribution in [1.29, 1.82) is 0 Å². The van der Waals surface area contributed by atoms with Crippen LogP contribution in [0.3, 0.4) is 0 Å². The van der Waals surface area contributed by atoms with Gasteiger partial charge in [-0.25, -0.2) is 0 Å². The third kappa shape index (κ3) is 4.63. The molecule has 0 aromatic heterocycles. The van der Waals surface area contributed by atoms with E-state index in [1.807, 2.05) is 79.4 Å². The Balaban J connectivity index is 1.42. The molecular weight excluding hydrogens is 709 g/mol. The van der Waals surface area contributed by atoms with Crippen LogP contribution >= 0.6 is 0 Å². The molecule has 0 saturated heterocycles. The van der Waals surface area contributed by atoms with Crippen LogP contribution in [0.15, 0.2) is 180 Å². The summed E-state index contributed by atoms with van der Waals surface area (Å²) in [4.78, 5) is 81.5. The number of aryl methyl sites for hydroxylation is 2. The molecular formula is C50H32N2O5. The molecule has 4 aliphatic rings. The van der Waals surface area contributed by atoms with Gasteiger partial charge in [0.1, 0.15) is 11.1 Å². The van der Waals surface area contributed by atoms with Gasteiger partial charge in [-0.2, -0.15) is 0 Å². The van der Waals surface area contributed by atoms with Crippen LogP contribution in [0, 0.1) is 19.3 Å². The van der Waals surface area contributed by atoms with Crippen molar-refractivity contribution in [2.24, 2.45) is 5.41 Å². The maximum Gasteiger partial charge on any atom is 0.252 e. The maximum absolute atomic E-state index is 16.4. The molecule has 0 fully saturated rings. The first-order chi connectivity index (χ1) is 27.7. The summed E-state index contributed by atoms with van der Waals surface area (Å²) in [7, 11) is 0. The van der Waals surface area contributed by atoms with E-state index in [2.05, 4.69) is 0 Å². The number of carbonyl (C=O) groups excluding carboxylic acids is 5. The zero-order valence-corrected chi connectivity index (χ0v) is 30.9. The Kier molecular flexibility index (Phi) is 7.47. The van der Waals surface area contributed by atoms with Crippen molar-refractivity contribution in [3.05, 3.63) is 225 Å². The largest absolute Gasteiger partial charge is 0.308 e. The molecule has 0 saturated carbocycles. The van der Waals surface area contributed by atoms with Crippen LogP contribution in [-0.4, -0.2) is 29.0 Å². The summed E-state index contributed by atoms with van der Waals surface area (Å²) in [5.41, 5.74) is 2.94. The van der Waals surface area contributed by atoms with E-state index in [-0.39, 0.29) is 33.5 Å². The molecule has 0 N–H and O–H groups in total. The van der Waals surface area contributed by atoms with Gasteiger partial charge in [-0.3, -0.25) is 28.9 Å². The van der Waals surface area contributed by atoms with Crippen molar-refractivity contribution in [2.75, 3.05) is 9.80 Å². The lowest BCUT2D eigenvalue weighted by Gasteiger charge is -2.42. The predicted octanol–water partition coefficient (Wildman–Crippen LogP) is 9.39. The van der Waals surface area contributed by atoms with Crippen molar-refractivity contribution in [2.45, 2.75) is 13.8 Å². The molecule has 2 heterocycles. The lowest BCUT2D eigenvalue weighted by atomic mass is 9.62. The molecule has 10 rings (SSSR count). The van der Waals surface area contributed by atoms with Crippen molar-refractivity contribution in [1.82, 2.24) is 0 Å². The van der Waals surface area contributed by atoms with Crippen molar-refractivity contribution < 1.29 is 24.0 Å². The average Bonchev–Trinajstić information content (AvgIpc) is 3.82. The number of anilines is 2. The minimum Gasteiger partial charge on any atom is -0.308 e. The number of nitrogens with zero attached hydrogens (tertiary/aromatic N) is 2. The van der Waals surface area contributed by atoms with E-state index < -0.39 is 34.5 Å². The number of allylic oxidation sites excluding steroid dienone is 1. The highest BCUT2D eigenvalue weighted by Gasteiger charge is 2.69. The first-order valence-electron chi connectivity index (χ1n) is 18.7. The molecule has 7 heteroatoms. The van der Waals surface area contributed by atoms with E-state index in [1.54, 1.807) is 97.1 Å². The van der Waals surface area contributed by atoms with Crippen LogP contribution in [0.1, 0.15) is 63.7 Å². The molecule has 6 aromatic rings. The van der Waals surface area contributed by atoms with E-state index in [0.717, 1.165) is 11.1 Å². The topological polar surface area (TPSA) is 91.8 Å². The Morgan fingerprint density at radius 3 is 1.28 bits per heavy atom. The number of ketones is 4. The summed E-state index contributed by atoms with van der Waals surface area (Å²) in [6, 6.07) is 45.9. The molecule has 0 bridgehead atoms. The summed E-state index contributed by atoms with van der Waals surface area (Å²) in [6.07, 6.45) is 0. The predicted molar refractivity (Wildman–Crippen MR) is 219 cm³/mol. The highest BCUT2D eigenvalue weighted by atomic mass is 16.2. The number of carbonyl (C=O) groups is 5. The van der Waals surface area contributed by atoms with Gasteiger partial charge in [0.25, 0.3) is 5.91 Å².